The Labute approximate surface area is 137 Å². The molecule has 0 amide bonds. The molecule has 0 aliphatic rings. The fourth-order valence-corrected chi connectivity index (χ4v) is 3.53. The van der Waals surface area contributed by atoms with Crippen LogP contribution in [-0.4, -0.2) is 14.5 Å². The number of nitrogens with zero attached hydrogens (tertiary/aromatic N) is 2. The van der Waals surface area contributed by atoms with Crippen LogP contribution in [0.3, 0.4) is 0 Å². The Kier molecular flexibility index (Phi) is 3.08. The maximum Gasteiger partial charge on any atom is 0.433 e. The first-order valence-corrected chi connectivity index (χ1v) is 7.84. The van der Waals surface area contributed by atoms with Crippen molar-refractivity contribution in [2.75, 3.05) is 0 Å². The van der Waals surface area contributed by atoms with Crippen molar-refractivity contribution >= 4 is 32.6 Å². The second-order valence-corrected chi connectivity index (χ2v) is 6.44. The minimum Gasteiger partial charge on any atom is -0.312 e. The van der Waals surface area contributed by atoms with E-state index >= 15 is 0 Å². The molecule has 0 bridgehead atoms. The number of alkyl halides is 3. The normalized spacial score (nSPS) is 12.3. The predicted octanol–water partition coefficient (Wildman–Crippen LogP) is 4.26. The van der Waals surface area contributed by atoms with Crippen LogP contribution in [0.4, 0.5) is 13.2 Å². The van der Waals surface area contributed by atoms with Gasteiger partial charge in [-0.05, 0) is 43.3 Å². The minimum atomic E-state index is -4.50. The number of fused-ring (bicyclic) bond motifs is 2. The Balaban J connectivity index is 1.99. The largest absolute Gasteiger partial charge is 0.433 e. The molecular formula is C16H10F3N3OS. The average molecular weight is 349 g/mol. The zero-order valence-corrected chi connectivity index (χ0v) is 13.1. The lowest BCUT2D eigenvalue weighted by molar-refractivity contribution is -0.141. The number of benzene rings is 1. The van der Waals surface area contributed by atoms with Crippen molar-refractivity contribution in [2.45, 2.75) is 13.1 Å². The van der Waals surface area contributed by atoms with Crippen molar-refractivity contribution in [3.8, 4) is 5.69 Å². The van der Waals surface area contributed by atoms with Crippen molar-refractivity contribution in [3.63, 3.8) is 0 Å². The Morgan fingerprint density at radius 3 is 2.71 bits per heavy atom. The van der Waals surface area contributed by atoms with Crippen LogP contribution in [0.2, 0.25) is 0 Å². The van der Waals surface area contributed by atoms with E-state index in [9.17, 15) is 18.0 Å². The summed E-state index contributed by atoms with van der Waals surface area (Å²) in [5.74, 6) is 0. The quantitative estimate of drug-likeness (QED) is 0.558. The van der Waals surface area contributed by atoms with Crippen molar-refractivity contribution in [3.05, 3.63) is 57.5 Å². The van der Waals surface area contributed by atoms with E-state index in [1.807, 2.05) is 0 Å². The standard InChI is InChI=1S/C16H10F3N3OS/c1-8-6-9-2-5-13(16(17,18)19)21-14(9)22(8)10-3-4-11-12(7-10)24-15(23)20-11/h2-7H,1H3,(H,20,23). The van der Waals surface area contributed by atoms with Gasteiger partial charge in [0.15, 0.2) is 0 Å². The number of aryl methyl sites for hydroxylation is 1. The summed E-state index contributed by atoms with van der Waals surface area (Å²) in [6.07, 6.45) is -4.50. The van der Waals surface area contributed by atoms with Crippen molar-refractivity contribution < 1.29 is 13.2 Å². The van der Waals surface area contributed by atoms with Crippen molar-refractivity contribution in [1.82, 2.24) is 14.5 Å². The maximum atomic E-state index is 13.0. The smallest absolute Gasteiger partial charge is 0.312 e. The lowest BCUT2D eigenvalue weighted by atomic mass is 10.2. The number of aromatic amines is 1. The number of halogens is 3. The number of aromatic nitrogens is 3. The highest BCUT2D eigenvalue weighted by atomic mass is 32.1. The van der Waals surface area contributed by atoms with E-state index in [2.05, 4.69) is 9.97 Å². The molecule has 4 rings (SSSR count). The van der Waals surface area contributed by atoms with Gasteiger partial charge in [0.25, 0.3) is 0 Å². The Morgan fingerprint density at radius 2 is 1.96 bits per heavy atom. The molecule has 24 heavy (non-hydrogen) atoms. The summed E-state index contributed by atoms with van der Waals surface area (Å²) in [5, 5.41) is 0.628. The molecule has 3 aromatic heterocycles. The molecule has 0 fully saturated rings. The van der Waals surface area contributed by atoms with Gasteiger partial charge < -0.3 is 4.98 Å². The number of nitrogens with one attached hydrogen (secondary N) is 1. The average Bonchev–Trinajstić information content (AvgIpc) is 3.02. The third-order valence-electron chi connectivity index (χ3n) is 3.79. The summed E-state index contributed by atoms with van der Waals surface area (Å²) >= 11 is 1.06. The zero-order chi connectivity index (χ0) is 17.1. The molecule has 4 nitrogen and oxygen atoms in total. The summed E-state index contributed by atoms with van der Waals surface area (Å²) in [4.78, 5) is 17.8. The van der Waals surface area contributed by atoms with Gasteiger partial charge >= 0.3 is 11.0 Å². The van der Waals surface area contributed by atoms with Gasteiger partial charge in [0, 0.05) is 16.8 Å². The minimum absolute atomic E-state index is 0.172. The van der Waals surface area contributed by atoms with Gasteiger partial charge in [-0.15, -0.1) is 0 Å². The SMILES string of the molecule is Cc1cc2ccc(C(F)(F)F)nc2n1-c1ccc2[nH]c(=O)sc2c1. The highest BCUT2D eigenvalue weighted by molar-refractivity contribution is 7.16. The summed E-state index contributed by atoms with van der Waals surface area (Å²) < 4.78 is 41.3. The Morgan fingerprint density at radius 1 is 1.17 bits per heavy atom. The van der Waals surface area contributed by atoms with E-state index < -0.39 is 11.9 Å². The molecule has 4 aromatic rings. The van der Waals surface area contributed by atoms with Crippen LogP contribution in [0.5, 0.6) is 0 Å². The first kappa shape index (κ1) is 14.9. The van der Waals surface area contributed by atoms with Gasteiger partial charge in [-0.2, -0.15) is 13.2 Å². The molecule has 0 unspecified atom stereocenters. The first-order valence-electron chi connectivity index (χ1n) is 7.02. The summed E-state index contributed by atoms with van der Waals surface area (Å²) in [6.45, 7) is 1.80. The number of hydrogen-bond donors (Lipinski definition) is 1. The fraction of sp³-hybridized carbons (Fsp3) is 0.125. The topological polar surface area (TPSA) is 50.7 Å². The molecule has 0 atom stereocenters. The van der Waals surface area contributed by atoms with Gasteiger partial charge in [0.1, 0.15) is 11.3 Å². The molecule has 8 heteroatoms. The van der Waals surface area contributed by atoms with Crippen LogP contribution >= 0.6 is 11.3 Å². The highest BCUT2D eigenvalue weighted by Gasteiger charge is 2.33. The second-order valence-electron chi connectivity index (χ2n) is 5.42. The highest BCUT2D eigenvalue weighted by Crippen LogP contribution is 2.31. The second kappa shape index (κ2) is 4.94. The molecular weight excluding hydrogens is 339 g/mol. The van der Waals surface area contributed by atoms with E-state index in [1.165, 1.54) is 6.07 Å². The van der Waals surface area contributed by atoms with Crippen LogP contribution in [0.25, 0.3) is 26.9 Å². The molecule has 1 aromatic carbocycles. The first-order chi connectivity index (χ1) is 11.3. The van der Waals surface area contributed by atoms with E-state index in [1.54, 1.807) is 35.8 Å². The van der Waals surface area contributed by atoms with Gasteiger partial charge in [-0.25, -0.2) is 4.98 Å². The van der Waals surface area contributed by atoms with E-state index in [-0.39, 0.29) is 10.5 Å². The summed E-state index contributed by atoms with van der Waals surface area (Å²) in [6, 6.07) is 9.44. The van der Waals surface area contributed by atoms with Crippen LogP contribution in [0, 0.1) is 6.92 Å². The van der Waals surface area contributed by atoms with Gasteiger partial charge in [-0.1, -0.05) is 11.3 Å². The van der Waals surface area contributed by atoms with Crippen LogP contribution < -0.4 is 4.87 Å². The predicted molar refractivity (Wildman–Crippen MR) is 86.8 cm³/mol. The zero-order valence-electron chi connectivity index (χ0n) is 12.3. The number of thiazole rings is 1. The molecule has 0 aliphatic carbocycles. The number of hydrogen-bond acceptors (Lipinski definition) is 3. The van der Waals surface area contributed by atoms with E-state index in [4.69, 9.17) is 0 Å². The van der Waals surface area contributed by atoms with E-state index in [0.717, 1.165) is 27.8 Å². The van der Waals surface area contributed by atoms with E-state index in [0.29, 0.717) is 16.6 Å². The van der Waals surface area contributed by atoms with Gasteiger partial charge in [0.05, 0.1) is 10.2 Å². The van der Waals surface area contributed by atoms with Crippen molar-refractivity contribution in [2.24, 2.45) is 0 Å². The lowest BCUT2D eigenvalue weighted by Gasteiger charge is -2.10. The lowest BCUT2D eigenvalue weighted by Crippen LogP contribution is -2.08. The number of H-pyrrole nitrogens is 1. The van der Waals surface area contributed by atoms with Crippen LogP contribution in [-0.2, 0) is 6.18 Å². The molecule has 122 valence electrons. The maximum absolute atomic E-state index is 13.0. The molecule has 0 saturated carbocycles. The third kappa shape index (κ3) is 2.30. The van der Waals surface area contributed by atoms with Crippen LogP contribution in [0.1, 0.15) is 11.4 Å². The Bertz CT molecular complexity index is 1140. The number of rotatable bonds is 1. The fourth-order valence-electron chi connectivity index (χ4n) is 2.76. The van der Waals surface area contributed by atoms with Crippen molar-refractivity contribution in [1.29, 1.82) is 0 Å². The summed E-state index contributed by atoms with van der Waals surface area (Å²) in [7, 11) is 0. The molecule has 0 aliphatic heterocycles. The van der Waals surface area contributed by atoms with Gasteiger partial charge in [-0.3, -0.25) is 9.36 Å². The van der Waals surface area contributed by atoms with Gasteiger partial charge in [0.2, 0.25) is 0 Å². The summed E-state index contributed by atoms with van der Waals surface area (Å²) in [5.41, 5.74) is 1.44. The molecule has 1 N–H and O–H groups in total. The Hall–Kier alpha value is -2.61. The van der Waals surface area contributed by atoms with Crippen LogP contribution in [0.15, 0.2) is 41.2 Å². The number of pyridine rings is 1. The monoisotopic (exact) mass is 349 g/mol. The third-order valence-corrected chi connectivity index (χ3v) is 4.63. The molecule has 3 heterocycles. The molecule has 0 spiro atoms. The molecule has 0 saturated heterocycles. The molecule has 0 radical (unpaired) electrons.